The fraction of sp³-hybridized carbons (Fsp3) is 0.0690. The van der Waals surface area contributed by atoms with E-state index >= 15 is 0 Å². The first-order valence-electron chi connectivity index (χ1n) is 12.3. The average molecular weight is 625 g/mol. The predicted octanol–water partition coefficient (Wildman–Crippen LogP) is 6.75. The second-order valence-electron chi connectivity index (χ2n) is 8.85. The van der Waals surface area contributed by atoms with Crippen LogP contribution in [0.25, 0.3) is 11.0 Å². The Morgan fingerprint density at radius 1 is 0.738 bits per heavy atom. The molecule has 0 unspecified atom stereocenters. The summed E-state index contributed by atoms with van der Waals surface area (Å²) in [5.74, 6) is 0.661. The van der Waals surface area contributed by atoms with Gasteiger partial charge >= 0.3 is 0 Å². The Labute approximate surface area is 251 Å². The summed E-state index contributed by atoms with van der Waals surface area (Å²) in [4.78, 5) is 21.8. The summed E-state index contributed by atoms with van der Waals surface area (Å²) in [6.07, 6.45) is 0. The van der Waals surface area contributed by atoms with E-state index in [-0.39, 0.29) is 32.8 Å². The number of hydrogen-bond acceptors (Lipinski definition) is 8. The van der Waals surface area contributed by atoms with Crippen LogP contribution in [-0.4, -0.2) is 38.5 Å². The second-order valence-corrected chi connectivity index (χ2v) is 11.3. The van der Waals surface area contributed by atoms with Crippen molar-refractivity contribution in [2.45, 2.75) is 4.90 Å². The molecule has 10 nitrogen and oxygen atoms in total. The fourth-order valence-corrected chi connectivity index (χ4v) is 5.30. The lowest BCUT2D eigenvalue weighted by molar-refractivity contribution is 0.102. The van der Waals surface area contributed by atoms with Crippen LogP contribution in [-0.2, 0) is 10.0 Å². The van der Waals surface area contributed by atoms with Crippen LogP contribution in [0.2, 0.25) is 10.0 Å². The number of nitrogens with zero attached hydrogens (tertiary/aromatic N) is 2. The molecule has 0 saturated heterocycles. The van der Waals surface area contributed by atoms with Gasteiger partial charge in [0.2, 0.25) is 0 Å². The van der Waals surface area contributed by atoms with Crippen LogP contribution in [0.1, 0.15) is 10.4 Å². The number of fused-ring (bicyclic) bond motifs is 1. The van der Waals surface area contributed by atoms with Crippen LogP contribution in [0, 0.1) is 0 Å². The molecule has 0 aliphatic rings. The van der Waals surface area contributed by atoms with Crippen molar-refractivity contribution in [3.05, 3.63) is 101 Å². The minimum Gasteiger partial charge on any atom is -0.497 e. The molecule has 0 spiro atoms. The van der Waals surface area contributed by atoms with Crippen molar-refractivity contribution in [1.29, 1.82) is 0 Å². The van der Waals surface area contributed by atoms with E-state index < -0.39 is 15.9 Å². The third-order valence-electron chi connectivity index (χ3n) is 6.00. The van der Waals surface area contributed by atoms with E-state index in [1.807, 2.05) is 0 Å². The zero-order valence-electron chi connectivity index (χ0n) is 22.2. The van der Waals surface area contributed by atoms with Crippen LogP contribution in [0.5, 0.6) is 11.5 Å². The van der Waals surface area contributed by atoms with Gasteiger partial charge in [0.05, 0.1) is 40.2 Å². The Kier molecular flexibility index (Phi) is 8.34. The van der Waals surface area contributed by atoms with Crippen LogP contribution >= 0.6 is 23.2 Å². The summed E-state index contributed by atoms with van der Waals surface area (Å²) in [5.41, 5.74) is 2.06. The van der Waals surface area contributed by atoms with Crippen LogP contribution in [0.15, 0.2) is 89.8 Å². The van der Waals surface area contributed by atoms with Gasteiger partial charge in [-0.15, -0.1) is 0 Å². The fourth-order valence-electron chi connectivity index (χ4n) is 3.94. The highest BCUT2D eigenvalue weighted by molar-refractivity contribution is 7.92. The monoisotopic (exact) mass is 623 g/mol. The van der Waals surface area contributed by atoms with Gasteiger partial charge in [0, 0.05) is 35.1 Å². The Hall–Kier alpha value is -4.58. The molecule has 0 aliphatic carbocycles. The van der Waals surface area contributed by atoms with Crippen molar-refractivity contribution < 1.29 is 22.7 Å². The number of aromatic nitrogens is 2. The van der Waals surface area contributed by atoms with Crippen LogP contribution in [0.4, 0.5) is 23.0 Å². The topological polar surface area (TPSA) is 132 Å². The molecule has 0 bridgehead atoms. The van der Waals surface area contributed by atoms with Crippen LogP contribution < -0.4 is 24.8 Å². The predicted molar refractivity (Wildman–Crippen MR) is 164 cm³/mol. The molecule has 1 amide bonds. The van der Waals surface area contributed by atoms with Gasteiger partial charge in [0.1, 0.15) is 11.5 Å². The van der Waals surface area contributed by atoms with E-state index in [0.29, 0.717) is 33.2 Å². The number of amides is 1. The molecule has 13 heteroatoms. The number of nitrogens with one attached hydrogen (secondary N) is 3. The number of ether oxygens (including phenoxy) is 2. The zero-order valence-corrected chi connectivity index (χ0v) is 24.5. The highest BCUT2D eigenvalue weighted by Crippen LogP contribution is 2.32. The molecule has 1 aromatic heterocycles. The Morgan fingerprint density at radius 3 is 2.05 bits per heavy atom. The van der Waals surface area contributed by atoms with Crippen molar-refractivity contribution in [2.75, 3.05) is 29.6 Å². The third-order valence-corrected chi connectivity index (χ3v) is 8.08. The number of anilines is 4. The average Bonchev–Trinajstić information content (AvgIpc) is 2.98. The second kappa shape index (κ2) is 12.1. The number of hydrogen-bond donors (Lipinski definition) is 3. The molecule has 4 aromatic carbocycles. The van der Waals surface area contributed by atoms with Gasteiger partial charge in [0.15, 0.2) is 11.6 Å². The molecule has 0 fully saturated rings. The number of carbonyl (C=O) groups excluding carboxylic acids is 1. The molecule has 0 atom stereocenters. The maximum absolute atomic E-state index is 13.5. The third kappa shape index (κ3) is 6.49. The lowest BCUT2D eigenvalue weighted by Crippen LogP contribution is -2.17. The Balaban J connectivity index is 1.46. The summed E-state index contributed by atoms with van der Waals surface area (Å²) in [6.45, 7) is 0. The summed E-state index contributed by atoms with van der Waals surface area (Å²) >= 11 is 12.0. The van der Waals surface area contributed by atoms with E-state index in [1.54, 1.807) is 48.5 Å². The minimum absolute atomic E-state index is 0.0410. The minimum atomic E-state index is -4.19. The molecule has 5 rings (SSSR count). The van der Waals surface area contributed by atoms with Crippen molar-refractivity contribution in [2.24, 2.45) is 0 Å². The molecule has 5 aromatic rings. The standard InChI is InChI=1S/C29H23Cl2N5O5S/c1-40-20-13-19(14-21(16-20)41-2)32-27-28(35-26-9-4-3-8-25(26)34-27)36-42(38,39)22-7-5-6-18(15-22)33-29(37)17-10-11-23(30)24(31)12-17/h3-16H,1-2H3,(H,32,34)(H,33,37)(H,35,36). The molecule has 214 valence electrons. The quantitative estimate of drug-likeness (QED) is 0.164. The van der Waals surface area contributed by atoms with Gasteiger partial charge in [-0.3, -0.25) is 9.52 Å². The summed E-state index contributed by atoms with van der Waals surface area (Å²) in [6, 6.07) is 22.4. The van der Waals surface area contributed by atoms with Gasteiger partial charge < -0.3 is 20.1 Å². The smallest absolute Gasteiger partial charge is 0.263 e. The van der Waals surface area contributed by atoms with E-state index in [4.69, 9.17) is 32.7 Å². The molecular weight excluding hydrogens is 601 g/mol. The number of rotatable bonds is 9. The van der Waals surface area contributed by atoms with Gasteiger partial charge in [-0.2, -0.15) is 0 Å². The molecule has 0 saturated carbocycles. The normalized spacial score (nSPS) is 11.1. The number of para-hydroxylation sites is 2. The first-order valence-corrected chi connectivity index (χ1v) is 14.6. The molecule has 1 heterocycles. The lowest BCUT2D eigenvalue weighted by Gasteiger charge is -2.15. The largest absolute Gasteiger partial charge is 0.497 e. The van der Waals surface area contributed by atoms with Crippen molar-refractivity contribution >= 4 is 73.2 Å². The lowest BCUT2D eigenvalue weighted by atomic mass is 10.2. The maximum Gasteiger partial charge on any atom is 0.263 e. The summed E-state index contributed by atoms with van der Waals surface area (Å²) in [5, 5.41) is 6.32. The summed E-state index contributed by atoms with van der Waals surface area (Å²) in [7, 11) is -1.14. The number of halogens is 2. The number of carbonyl (C=O) groups is 1. The molecule has 42 heavy (non-hydrogen) atoms. The highest BCUT2D eigenvalue weighted by Gasteiger charge is 2.20. The van der Waals surface area contributed by atoms with Crippen LogP contribution in [0.3, 0.4) is 0 Å². The Bertz CT molecular complexity index is 1900. The van der Waals surface area contributed by atoms with Gasteiger partial charge in [-0.1, -0.05) is 41.4 Å². The molecule has 0 radical (unpaired) electrons. The van der Waals surface area contributed by atoms with Gasteiger partial charge in [0.25, 0.3) is 15.9 Å². The molecule has 0 aliphatic heterocycles. The van der Waals surface area contributed by atoms with Gasteiger partial charge in [-0.25, -0.2) is 18.4 Å². The van der Waals surface area contributed by atoms with E-state index in [9.17, 15) is 13.2 Å². The number of sulfonamides is 1. The van der Waals surface area contributed by atoms with Crippen molar-refractivity contribution in [3.8, 4) is 11.5 Å². The van der Waals surface area contributed by atoms with E-state index in [1.165, 1.54) is 50.6 Å². The maximum atomic E-state index is 13.5. The molecular formula is C29H23Cl2N5O5S. The van der Waals surface area contributed by atoms with Crippen molar-refractivity contribution in [1.82, 2.24) is 9.97 Å². The Morgan fingerprint density at radius 2 is 1.40 bits per heavy atom. The number of methoxy groups -OCH3 is 2. The van der Waals surface area contributed by atoms with Gasteiger partial charge in [-0.05, 0) is 48.5 Å². The molecule has 3 N–H and O–H groups in total. The van der Waals surface area contributed by atoms with E-state index in [0.717, 1.165) is 0 Å². The first-order chi connectivity index (χ1) is 20.1. The zero-order chi connectivity index (χ0) is 29.9. The number of benzene rings is 4. The van der Waals surface area contributed by atoms with E-state index in [2.05, 4.69) is 25.3 Å². The SMILES string of the molecule is COc1cc(Nc2nc3ccccc3nc2NS(=O)(=O)c2cccc(NC(=O)c3ccc(Cl)c(Cl)c3)c2)cc(OC)c1. The highest BCUT2D eigenvalue weighted by atomic mass is 35.5. The summed E-state index contributed by atoms with van der Waals surface area (Å²) < 4.78 is 40.3. The first kappa shape index (κ1) is 28.9. The van der Waals surface area contributed by atoms with Crippen molar-refractivity contribution in [3.63, 3.8) is 0 Å².